The Hall–Kier alpha value is -1.13. The van der Waals surface area contributed by atoms with E-state index in [0.29, 0.717) is 17.2 Å². The maximum absolute atomic E-state index is 2.39. The van der Waals surface area contributed by atoms with Gasteiger partial charge in [0.2, 0.25) is 0 Å². The van der Waals surface area contributed by atoms with Crippen LogP contribution in [-0.2, 0) is 0 Å². The largest absolute Gasteiger partial charge is 0.0842 e. The SMILES string of the molecule is c1ccc2cc3[siH][siH]ccc3cc2c1. The molecule has 2 aromatic carbocycles. The van der Waals surface area contributed by atoms with Crippen molar-refractivity contribution < 1.29 is 0 Å². The molecule has 3 aromatic rings. The van der Waals surface area contributed by atoms with Gasteiger partial charge in [0.05, 0.1) is 0 Å². The van der Waals surface area contributed by atoms with Crippen molar-refractivity contribution in [1.82, 2.24) is 0 Å². The number of benzene rings is 2. The summed E-state index contributed by atoms with van der Waals surface area (Å²) in [4.78, 5) is 1.61. The van der Waals surface area contributed by atoms with Gasteiger partial charge in [0.25, 0.3) is 0 Å². The predicted molar refractivity (Wildman–Crippen MR) is 66.9 cm³/mol. The highest BCUT2D eigenvalue weighted by Crippen LogP contribution is 2.19. The third kappa shape index (κ3) is 1.27. The summed E-state index contributed by atoms with van der Waals surface area (Å²) >= 11 is 0. The molecule has 1 heterocycles. The van der Waals surface area contributed by atoms with Crippen LogP contribution in [0.1, 0.15) is 0 Å². The summed E-state index contributed by atoms with van der Waals surface area (Å²) in [5.74, 6) is 0. The van der Waals surface area contributed by atoms with Gasteiger partial charge < -0.3 is 0 Å². The first-order valence-electron chi connectivity index (χ1n) is 4.81. The van der Waals surface area contributed by atoms with Crippen molar-refractivity contribution in [1.29, 1.82) is 0 Å². The highest BCUT2D eigenvalue weighted by Gasteiger charge is 1.95. The number of hydrogen-bond donors (Lipinski definition) is 0. The standard InChI is InChI=1S/C12H10Si2/c1-2-4-10-8-12-11(5-6-13-14-12)7-9(10)3-1/h1-8,13-14H. The van der Waals surface area contributed by atoms with Crippen LogP contribution in [0.15, 0.2) is 48.1 Å². The molecular formula is C12H10Si2. The zero-order valence-corrected chi connectivity index (χ0v) is 10.1. The fraction of sp³-hybridized carbons (Fsp3) is 0. The van der Waals surface area contributed by atoms with Crippen LogP contribution >= 0.6 is 0 Å². The predicted octanol–water partition coefficient (Wildman–Crippen LogP) is 2.13. The maximum Gasteiger partial charge on any atom is 0.0102 e. The first-order valence-corrected chi connectivity index (χ1v) is 8.72. The van der Waals surface area contributed by atoms with Gasteiger partial charge in [-0.1, -0.05) is 42.1 Å². The van der Waals surface area contributed by atoms with Gasteiger partial charge in [0, 0.05) is 17.2 Å². The molecule has 0 aliphatic rings. The Morgan fingerprint density at radius 3 is 2.43 bits per heavy atom. The van der Waals surface area contributed by atoms with Crippen molar-refractivity contribution >= 4 is 38.4 Å². The second-order valence-corrected chi connectivity index (χ2v) is 7.43. The minimum atomic E-state index is 0.549. The summed E-state index contributed by atoms with van der Waals surface area (Å²) < 4.78 is 0. The van der Waals surface area contributed by atoms with Crippen molar-refractivity contribution in [2.75, 3.05) is 0 Å². The fourth-order valence-corrected chi connectivity index (χ4v) is 5.32. The van der Waals surface area contributed by atoms with Crippen molar-refractivity contribution in [2.24, 2.45) is 0 Å². The molecule has 0 fully saturated rings. The van der Waals surface area contributed by atoms with Crippen LogP contribution in [0.2, 0.25) is 0 Å². The minimum absolute atomic E-state index is 0.549. The molecule has 0 bridgehead atoms. The van der Waals surface area contributed by atoms with Crippen molar-refractivity contribution in [3.63, 3.8) is 0 Å². The maximum atomic E-state index is 2.39. The third-order valence-electron chi connectivity index (χ3n) is 2.61. The summed E-state index contributed by atoms with van der Waals surface area (Å²) in [6, 6.07) is 15.6. The second-order valence-electron chi connectivity index (χ2n) is 3.55. The smallest absolute Gasteiger partial charge is 0.0102 e. The molecule has 0 spiro atoms. The summed E-state index contributed by atoms with van der Waals surface area (Å²) in [6.07, 6.45) is 0. The van der Waals surface area contributed by atoms with Crippen LogP contribution in [0.3, 0.4) is 0 Å². The lowest BCUT2D eigenvalue weighted by Crippen LogP contribution is -1.84. The van der Waals surface area contributed by atoms with E-state index in [9.17, 15) is 0 Å². The van der Waals surface area contributed by atoms with Crippen LogP contribution in [0.5, 0.6) is 0 Å². The van der Waals surface area contributed by atoms with Crippen LogP contribution in [-0.4, -0.2) is 17.2 Å². The minimum Gasteiger partial charge on any atom is -0.0842 e. The molecule has 66 valence electrons. The van der Waals surface area contributed by atoms with E-state index in [0.717, 1.165) is 0 Å². The molecule has 0 unspecified atom stereocenters. The molecule has 0 aliphatic carbocycles. The van der Waals surface area contributed by atoms with Gasteiger partial charge in [0.15, 0.2) is 0 Å². The lowest BCUT2D eigenvalue weighted by atomic mass is 10.1. The Balaban J connectivity index is 2.52. The normalized spacial score (nSPS) is 10.9. The second kappa shape index (κ2) is 3.22. The van der Waals surface area contributed by atoms with Gasteiger partial charge in [-0.3, -0.25) is 0 Å². The van der Waals surface area contributed by atoms with E-state index in [-0.39, 0.29) is 0 Å². The summed E-state index contributed by atoms with van der Waals surface area (Å²) in [5, 5.41) is 4.22. The first-order chi connectivity index (χ1) is 6.93. The first kappa shape index (κ1) is 8.20. The fourth-order valence-electron chi connectivity index (χ4n) is 1.88. The highest BCUT2D eigenvalue weighted by molar-refractivity contribution is 6.85. The molecule has 0 nitrogen and oxygen atoms in total. The average Bonchev–Trinajstić information content (AvgIpc) is 2.26. The molecular weight excluding hydrogens is 200 g/mol. The van der Waals surface area contributed by atoms with E-state index in [1.807, 2.05) is 0 Å². The summed E-state index contributed by atoms with van der Waals surface area (Å²) in [5.41, 5.74) is 2.38. The Morgan fingerprint density at radius 1 is 0.786 bits per heavy atom. The van der Waals surface area contributed by atoms with Crippen molar-refractivity contribution in [2.45, 2.75) is 0 Å². The Morgan fingerprint density at radius 2 is 1.57 bits per heavy atom. The van der Waals surface area contributed by atoms with Crippen LogP contribution < -0.4 is 0 Å². The lowest BCUT2D eigenvalue weighted by molar-refractivity contribution is 1.81. The Labute approximate surface area is 86.9 Å². The molecule has 3 rings (SSSR count). The van der Waals surface area contributed by atoms with E-state index in [2.05, 4.69) is 48.1 Å². The molecule has 0 amide bonds. The van der Waals surface area contributed by atoms with E-state index in [1.165, 1.54) is 16.2 Å². The molecule has 0 radical (unpaired) electrons. The molecule has 0 atom stereocenters. The topological polar surface area (TPSA) is 0 Å². The van der Waals surface area contributed by atoms with Crippen molar-refractivity contribution in [3.05, 3.63) is 48.1 Å². The molecule has 0 saturated carbocycles. The average molecular weight is 210 g/mol. The van der Waals surface area contributed by atoms with E-state index in [4.69, 9.17) is 0 Å². The number of fused-ring (bicyclic) bond motifs is 2. The summed E-state index contributed by atoms with van der Waals surface area (Å²) in [6.45, 7) is 0. The monoisotopic (exact) mass is 210 g/mol. The van der Waals surface area contributed by atoms with E-state index in [1.54, 1.807) is 5.00 Å². The van der Waals surface area contributed by atoms with Gasteiger partial charge in [0.1, 0.15) is 0 Å². The van der Waals surface area contributed by atoms with Gasteiger partial charge in [-0.15, -0.1) is 0 Å². The van der Waals surface area contributed by atoms with Crippen molar-refractivity contribution in [3.8, 4) is 0 Å². The number of rotatable bonds is 0. The van der Waals surface area contributed by atoms with Gasteiger partial charge in [-0.2, -0.15) is 0 Å². The van der Waals surface area contributed by atoms with Crippen LogP contribution in [0, 0.1) is 0 Å². The zero-order valence-electron chi connectivity index (χ0n) is 7.77. The van der Waals surface area contributed by atoms with E-state index < -0.39 is 0 Å². The third-order valence-corrected chi connectivity index (χ3v) is 6.40. The molecule has 0 aliphatic heterocycles. The molecule has 0 saturated heterocycles. The van der Waals surface area contributed by atoms with Gasteiger partial charge in [-0.25, -0.2) is 0 Å². The van der Waals surface area contributed by atoms with Crippen LogP contribution in [0.25, 0.3) is 21.2 Å². The zero-order chi connectivity index (χ0) is 9.38. The Kier molecular flexibility index (Phi) is 1.89. The number of hydrogen-bond acceptors (Lipinski definition) is 0. The molecule has 1 aromatic heterocycles. The van der Waals surface area contributed by atoms with E-state index >= 15 is 0 Å². The lowest BCUT2D eigenvalue weighted by Gasteiger charge is -2.00. The van der Waals surface area contributed by atoms with Gasteiger partial charge in [-0.05, 0) is 27.2 Å². The van der Waals surface area contributed by atoms with Gasteiger partial charge >= 0.3 is 0 Å². The Bertz CT molecular complexity index is 497. The van der Waals surface area contributed by atoms with Crippen LogP contribution in [0.4, 0.5) is 0 Å². The molecule has 0 N–H and O–H groups in total. The molecule has 2 heteroatoms. The highest BCUT2D eigenvalue weighted by atomic mass is 28.9. The summed E-state index contributed by atoms with van der Waals surface area (Å²) in [7, 11) is 1.14. The molecule has 14 heavy (non-hydrogen) atoms. The quantitative estimate of drug-likeness (QED) is 0.394.